The Labute approximate surface area is 163 Å². The average molecular weight is 388 g/mol. The third kappa shape index (κ3) is 3.12. The molecule has 3 amide bonds. The van der Waals surface area contributed by atoms with E-state index in [1.807, 2.05) is 44.6 Å². The van der Waals surface area contributed by atoms with Crippen molar-refractivity contribution in [1.82, 2.24) is 24.5 Å². The number of amides is 3. The van der Waals surface area contributed by atoms with Crippen LogP contribution in [-0.4, -0.2) is 70.1 Å². The SMILES string of the molecule is CN(C)C(=O)N1CCC2(CC1)CN(C(=O)c1ccsc1)Cc1cn(C)nc12. The lowest BCUT2D eigenvalue weighted by Gasteiger charge is -2.46. The quantitative estimate of drug-likeness (QED) is 0.753. The second kappa shape index (κ2) is 6.67. The van der Waals surface area contributed by atoms with Crippen LogP contribution in [0.15, 0.2) is 23.0 Å². The van der Waals surface area contributed by atoms with Gasteiger partial charge in [0.2, 0.25) is 0 Å². The minimum atomic E-state index is -0.177. The fourth-order valence-corrected chi connectivity index (χ4v) is 4.95. The van der Waals surface area contributed by atoms with Gasteiger partial charge in [0.1, 0.15) is 0 Å². The number of aromatic nitrogens is 2. The molecule has 0 saturated carbocycles. The zero-order valence-corrected chi connectivity index (χ0v) is 16.8. The smallest absolute Gasteiger partial charge is 0.319 e. The molecule has 1 fully saturated rings. The van der Waals surface area contributed by atoms with E-state index in [4.69, 9.17) is 5.10 Å². The van der Waals surface area contributed by atoms with E-state index in [9.17, 15) is 9.59 Å². The second-order valence-corrected chi connectivity index (χ2v) is 8.57. The first-order valence-electron chi connectivity index (χ1n) is 9.20. The lowest BCUT2D eigenvalue weighted by atomic mass is 9.72. The Kier molecular flexibility index (Phi) is 4.46. The monoisotopic (exact) mass is 387 g/mol. The zero-order valence-electron chi connectivity index (χ0n) is 16.0. The molecule has 2 aliphatic rings. The third-order valence-corrected chi connectivity index (χ3v) is 6.37. The average Bonchev–Trinajstić information content (AvgIpc) is 3.30. The van der Waals surface area contributed by atoms with E-state index < -0.39 is 0 Å². The molecule has 4 rings (SSSR count). The first-order valence-corrected chi connectivity index (χ1v) is 10.1. The van der Waals surface area contributed by atoms with Crippen LogP contribution in [0.4, 0.5) is 4.79 Å². The second-order valence-electron chi connectivity index (χ2n) is 7.79. The summed E-state index contributed by atoms with van der Waals surface area (Å²) in [5.41, 5.74) is 2.81. The lowest BCUT2D eigenvalue weighted by molar-refractivity contribution is 0.0584. The van der Waals surface area contributed by atoms with Crippen LogP contribution < -0.4 is 0 Å². The van der Waals surface area contributed by atoms with Gasteiger partial charge in [0.15, 0.2) is 0 Å². The maximum absolute atomic E-state index is 13.0. The maximum atomic E-state index is 13.0. The Bertz CT molecular complexity index is 850. The summed E-state index contributed by atoms with van der Waals surface area (Å²) in [6.45, 7) is 2.64. The predicted octanol–water partition coefficient (Wildman–Crippen LogP) is 2.15. The van der Waals surface area contributed by atoms with Crippen molar-refractivity contribution < 1.29 is 9.59 Å². The number of urea groups is 1. The summed E-state index contributed by atoms with van der Waals surface area (Å²) in [6.07, 6.45) is 3.68. The summed E-state index contributed by atoms with van der Waals surface area (Å²) in [6, 6.07) is 1.93. The number of hydrogen-bond donors (Lipinski definition) is 0. The number of fused-ring (bicyclic) bond motifs is 2. The number of likely N-dealkylation sites (tertiary alicyclic amines) is 1. The number of nitrogens with zero attached hydrogens (tertiary/aromatic N) is 5. The minimum absolute atomic E-state index is 0.0492. The van der Waals surface area contributed by atoms with E-state index in [0.29, 0.717) is 26.2 Å². The van der Waals surface area contributed by atoms with Gasteiger partial charge >= 0.3 is 6.03 Å². The van der Waals surface area contributed by atoms with Crippen molar-refractivity contribution in [1.29, 1.82) is 0 Å². The Morgan fingerprint density at radius 1 is 1.22 bits per heavy atom. The zero-order chi connectivity index (χ0) is 19.2. The number of hydrogen-bond acceptors (Lipinski definition) is 4. The van der Waals surface area contributed by atoms with Gasteiger partial charge in [-0.2, -0.15) is 16.4 Å². The standard InChI is InChI=1S/C19H25N5O2S/c1-21(2)18(26)23-7-5-19(6-8-23)13-24(17(25)14-4-9-27-12-14)11-15-10-22(3)20-16(15)19/h4,9-10,12H,5-8,11,13H2,1-3H3. The molecule has 2 aromatic rings. The fourth-order valence-electron chi connectivity index (χ4n) is 4.32. The van der Waals surface area contributed by atoms with E-state index >= 15 is 0 Å². The highest BCUT2D eigenvalue weighted by Crippen LogP contribution is 2.41. The topological polar surface area (TPSA) is 61.7 Å². The molecule has 1 saturated heterocycles. The molecular formula is C19H25N5O2S. The van der Waals surface area contributed by atoms with Gasteiger partial charge in [-0.1, -0.05) is 0 Å². The van der Waals surface area contributed by atoms with Gasteiger partial charge in [-0.25, -0.2) is 4.79 Å². The molecule has 27 heavy (non-hydrogen) atoms. The molecule has 0 aromatic carbocycles. The molecule has 1 spiro atoms. The van der Waals surface area contributed by atoms with E-state index in [0.717, 1.165) is 29.7 Å². The highest BCUT2D eigenvalue weighted by molar-refractivity contribution is 7.08. The molecule has 0 bridgehead atoms. The van der Waals surface area contributed by atoms with Crippen LogP contribution in [-0.2, 0) is 19.0 Å². The fraction of sp³-hybridized carbons (Fsp3) is 0.526. The molecule has 0 radical (unpaired) electrons. The summed E-state index contributed by atoms with van der Waals surface area (Å²) in [5, 5.41) is 8.60. The molecule has 8 heteroatoms. The van der Waals surface area contributed by atoms with Crippen LogP contribution in [0.1, 0.15) is 34.5 Å². The summed E-state index contributed by atoms with van der Waals surface area (Å²) in [7, 11) is 5.50. The van der Waals surface area contributed by atoms with E-state index in [2.05, 4.69) is 0 Å². The number of carbonyl (C=O) groups is 2. The molecule has 7 nitrogen and oxygen atoms in total. The van der Waals surface area contributed by atoms with Crippen LogP contribution in [0.25, 0.3) is 0 Å². The van der Waals surface area contributed by atoms with Crippen molar-refractivity contribution in [3.8, 4) is 0 Å². The maximum Gasteiger partial charge on any atom is 0.319 e. The lowest BCUT2D eigenvalue weighted by Crippen LogP contribution is -2.55. The summed E-state index contributed by atoms with van der Waals surface area (Å²) in [5.74, 6) is 0.0805. The van der Waals surface area contributed by atoms with Crippen molar-refractivity contribution in [2.24, 2.45) is 7.05 Å². The number of rotatable bonds is 1. The number of carbonyl (C=O) groups excluding carboxylic acids is 2. The van der Waals surface area contributed by atoms with Gasteiger partial charge in [0.25, 0.3) is 5.91 Å². The predicted molar refractivity (Wildman–Crippen MR) is 104 cm³/mol. The molecule has 2 aromatic heterocycles. The third-order valence-electron chi connectivity index (χ3n) is 5.69. The van der Waals surface area contributed by atoms with Gasteiger partial charge in [-0.15, -0.1) is 0 Å². The number of thiophene rings is 1. The highest BCUT2D eigenvalue weighted by atomic mass is 32.1. The van der Waals surface area contributed by atoms with Crippen molar-refractivity contribution in [3.63, 3.8) is 0 Å². The summed E-state index contributed by atoms with van der Waals surface area (Å²) >= 11 is 1.54. The summed E-state index contributed by atoms with van der Waals surface area (Å²) in [4.78, 5) is 30.8. The van der Waals surface area contributed by atoms with Crippen molar-refractivity contribution in [2.45, 2.75) is 24.8 Å². The Morgan fingerprint density at radius 2 is 1.96 bits per heavy atom. The molecule has 0 aliphatic carbocycles. The van der Waals surface area contributed by atoms with E-state index in [-0.39, 0.29) is 17.4 Å². The largest absolute Gasteiger partial charge is 0.333 e. The minimum Gasteiger partial charge on any atom is -0.333 e. The van der Waals surface area contributed by atoms with Gasteiger partial charge in [0, 0.05) is 69.9 Å². The number of piperidine rings is 1. The Hall–Kier alpha value is -2.35. The van der Waals surface area contributed by atoms with E-state index in [1.54, 1.807) is 30.3 Å². The van der Waals surface area contributed by atoms with Gasteiger partial charge in [0.05, 0.1) is 11.3 Å². The first-order chi connectivity index (χ1) is 12.9. The van der Waals surface area contributed by atoms with E-state index in [1.165, 1.54) is 0 Å². The van der Waals surface area contributed by atoms with Crippen molar-refractivity contribution in [3.05, 3.63) is 39.8 Å². The first kappa shape index (κ1) is 18.0. The molecule has 2 aliphatic heterocycles. The van der Waals surface area contributed by atoms with Crippen LogP contribution >= 0.6 is 11.3 Å². The van der Waals surface area contributed by atoms with Crippen LogP contribution in [0.5, 0.6) is 0 Å². The molecule has 0 unspecified atom stereocenters. The molecule has 0 atom stereocenters. The molecule has 4 heterocycles. The van der Waals surface area contributed by atoms with Crippen LogP contribution in [0, 0.1) is 0 Å². The number of aryl methyl sites for hydroxylation is 1. The molecule has 0 N–H and O–H groups in total. The highest BCUT2D eigenvalue weighted by Gasteiger charge is 2.46. The molecule has 144 valence electrons. The van der Waals surface area contributed by atoms with Crippen molar-refractivity contribution >= 4 is 23.3 Å². The normalized spacial score (nSPS) is 18.5. The Morgan fingerprint density at radius 3 is 2.59 bits per heavy atom. The molecular weight excluding hydrogens is 362 g/mol. The van der Waals surface area contributed by atoms with Gasteiger partial charge in [-0.3, -0.25) is 9.48 Å². The van der Waals surface area contributed by atoms with Gasteiger partial charge < -0.3 is 14.7 Å². The Balaban J connectivity index is 1.61. The summed E-state index contributed by atoms with van der Waals surface area (Å²) < 4.78 is 1.85. The van der Waals surface area contributed by atoms with Crippen LogP contribution in [0.3, 0.4) is 0 Å². The van der Waals surface area contributed by atoms with Crippen molar-refractivity contribution in [2.75, 3.05) is 33.7 Å². The van der Waals surface area contributed by atoms with Gasteiger partial charge in [-0.05, 0) is 24.3 Å². The van der Waals surface area contributed by atoms with Crippen LogP contribution in [0.2, 0.25) is 0 Å².